The monoisotopic (exact) mass is 304 g/mol. The van der Waals surface area contributed by atoms with Gasteiger partial charge in [0.15, 0.2) is 0 Å². The predicted molar refractivity (Wildman–Crippen MR) is 81.9 cm³/mol. The molecule has 2 aromatic heterocycles. The van der Waals surface area contributed by atoms with E-state index in [-0.39, 0.29) is 5.91 Å². The molecule has 2 aromatic rings. The molecule has 6 heteroatoms. The minimum Gasteiger partial charge on any atom is -0.462 e. The maximum atomic E-state index is 12.2. The number of thiophene rings is 1. The van der Waals surface area contributed by atoms with Gasteiger partial charge >= 0.3 is 5.97 Å². The van der Waals surface area contributed by atoms with Crippen molar-refractivity contribution in [1.29, 1.82) is 0 Å². The van der Waals surface area contributed by atoms with Crippen molar-refractivity contribution in [3.05, 3.63) is 46.1 Å². The molecule has 0 aliphatic heterocycles. The molecule has 0 unspecified atom stereocenters. The van der Waals surface area contributed by atoms with Crippen molar-refractivity contribution in [2.45, 2.75) is 20.8 Å². The Kier molecular flexibility index (Phi) is 4.70. The molecule has 0 aromatic carbocycles. The molecule has 2 heterocycles. The van der Waals surface area contributed by atoms with Gasteiger partial charge in [0.05, 0.1) is 12.2 Å². The molecule has 0 saturated heterocycles. The molecule has 0 spiro atoms. The number of hydrogen-bond donors (Lipinski definition) is 1. The van der Waals surface area contributed by atoms with Crippen molar-refractivity contribution < 1.29 is 14.3 Å². The van der Waals surface area contributed by atoms with E-state index < -0.39 is 5.97 Å². The van der Waals surface area contributed by atoms with Gasteiger partial charge in [0, 0.05) is 22.8 Å². The van der Waals surface area contributed by atoms with Crippen molar-refractivity contribution in [2.24, 2.45) is 0 Å². The van der Waals surface area contributed by atoms with Gasteiger partial charge in [-0.15, -0.1) is 11.3 Å². The summed E-state index contributed by atoms with van der Waals surface area (Å²) in [5.74, 6) is -0.687. The number of pyridine rings is 1. The summed E-state index contributed by atoms with van der Waals surface area (Å²) >= 11 is 1.37. The fourth-order valence-electron chi connectivity index (χ4n) is 1.84. The molecule has 1 N–H and O–H groups in total. The van der Waals surface area contributed by atoms with Crippen LogP contribution in [0.15, 0.2) is 24.5 Å². The molecule has 1 amide bonds. The van der Waals surface area contributed by atoms with Crippen molar-refractivity contribution in [3.63, 3.8) is 0 Å². The van der Waals surface area contributed by atoms with E-state index in [4.69, 9.17) is 4.74 Å². The number of nitrogens with one attached hydrogen (secondary N) is 1. The zero-order valence-corrected chi connectivity index (χ0v) is 12.9. The van der Waals surface area contributed by atoms with Crippen LogP contribution in [0, 0.1) is 13.8 Å². The van der Waals surface area contributed by atoms with Crippen LogP contribution in [0.2, 0.25) is 0 Å². The van der Waals surface area contributed by atoms with Gasteiger partial charge < -0.3 is 10.1 Å². The van der Waals surface area contributed by atoms with Gasteiger partial charge in [0.25, 0.3) is 5.91 Å². The Hall–Kier alpha value is -2.21. The van der Waals surface area contributed by atoms with Gasteiger partial charge in [0.1, 0.15) is 5.00 Å². The van der Waals surface area contributed by atoms with Gasteiger partial charge in [-0.25, -0.2) is 4.79 Å². The summed E-state index contributed by atoms with van der Waals surface area (Å²) in [7, 11) is 0. The second-order valence-corrected chi connectivity index (χ2v) is 5.62. The van der Waals surface area contributed by atoms with E-state index in [0.717, 1.165) is 10.4 Å². The van der Waals surface area contributed by atoms with Crippen LogP contribution in [-0.4, -0.2) is 23.5 Å². The van der Waals surface area contributed by atoms with Crippen molar-refractivity contribution >= 4 is 28.2 Å². The number of carbonyl (C=O) groups excluding carboxylic acids is 2. The molecule has 110 valence electrons. The number of ether oxygens (including phenoxy) is 1. The minimum atomic E-state index is -0.413. The first-order valence-electron chi connectivity index (χ1n) is 6.53. The normalized spacial score (nSPS) is 10.2. The lowest BCUT2D eigenvalue weighted by molar-refractivity contribution is 0.0527. The second kappa shape index (κ2) is 6.49. The van der Waals surface area contributed by atoms with Gasteiger partial charge in [-0.2, -0.15) is 0 Å². The third-order valence-electron chi connectivity index (χ3n) is 3.03. The standard InChI is InChI=1S/C15H16N2O3S/c1-4-20-15(19)12-9(2)10(3)21-14(12)17-13(18)11-5-7-16-8-6-11/h5-8H,4H2,1-3H3,(H,17,18). The summed E-state index contributed by atoms with van der Waals surface area (Å²) in [5.41, 5.74) is 1.76. The van der Waals surface area contributed by atoms with E-state index in [0.29, 0.717) is 22.7 Å². The van der Waals surface area contributed by atoms with Crippen LogP contribution in [0.4, 0.5) is 5.00 Å². The number of amides is 1. The Balaban J connectivity index is 2.30. The molecule has 0 aliphatic carbocycles. The van der Waals surface area contributed by atoms with Crippen molar-refractivity contribution in [1.82, 2.24) is 4.98 Å². The Morgan fingerprint density at radius 2 is 1.95 bits per heavy atom. The summed E-state index contributed by atoms with van der Waals surface area (Å²) in [5, 5.41) is 3.30. The second-order valence-electron chi connectivity index (χ2n) is 4.40. The summed E-state index contributed by atoms with van der Waals surface area (Å²) in [6, 6.07) is 3.24. The van der Waals surface area contributed by atoms with E-state index in [1.807, 2.05) is 13.8 Å². The quantitative estimate of drug-likeness (QED) is 0.881. The molecule has 0 fully saturated rings. The highest BCUT2D eigenvalue weighted by Gasteiger charge is 2.22. The minimum absolute atomic E-state index is 0.274. The topological polar surface area (TPSA) is 68.3 Å². The van der Waals surface area contributed by atoms with Gasteiger partial charge in [-0.05, 0) is 38.5 Å². The van der Waals surface area contributed by atoms with E-state index >= 15 is 0 Å². The van der Waals surface area contributed by atoms with E-state index in [1.54, 1.807) is 31.5 Å². The molecule has 0 atom stereocenters. The van der Waals surface area contributed by atoms with Crippen LogP contribution in [0.1, 0.15) is 38.1 Å². The number of aromatic nitrogens is 1. The summed E-state index contributed by atoms with van der Waals surface area (Å²) in [6.45, 7) is 5.80. The highest BCUT2D eigenvalue weighted by atomic mass is 32.1. The lowest BCUT2D eigenvalue weighted by Gasteiger charge is -2.07. The maximum absolute atomic E-state index is 12.2. The fourth-order valence-corrected chi connectivity index (χ4v) is 2.89. The molecular formula is C15H16N2O3S. The Morgan fingerprint density at radius 3 is 2.57 bits per heavy atom. The van der Waals surface area contributed by atoms with Crippen LogP contribution >= 0.6 is 11.3 Å². The number of anilines is 1. The van der Waals surface area contributed by atoms with Gasteiger partial charge in [-0.3, -0.25) is 9.78 Å². The van der Waals surface area contributed by atoms with Gasteiger partial charge in [0.2, 0.25) is 0 Å². The first kappa shape index (κ1) is 15.2. The largest absolute Gasteiger partial charge is 0.462 e. The van der Waals surface area contributed by atoms with Crippen molar-refractivity contribution in [2.75, 3.05) is 11.9 Å². The Bertz CT molecular complexity index is 665. The van der Waals surface area contributed by atoms with Crippen molar-refractivity contribution in [3.8, 4) is 0 Å². The summed E-state index contributed by atoms with van der Waals surface area (Å²) < 4.78 is 5.06. The highest BCUT2D eigenvalue weighted by molar-refractivity contribution is 7.16. The summed E-state index contributed by atoms with van der Waals surface area (Å²) in [4.78, 5) is 29.1. The molecule has 0 saturated carbocycles. The molecule has 2 rings (SSSR count). The molecule has 21 heavy (non-hydrogen) atoms. The lowest BCUT2D eigenvalue weighted by Crippen LogP contribution is -2.14. The van der Waals surface area contributed by atoms with E-state index in [1.165, 1.54) is 11.3 Å². The van der Waals surface area contributed by atoms with Crippen LogP contribution in [0.5, 0.6) is 0 Å². The molecule has 0 radical (unpaired) electrons. The molecule has 0 aliphatic rings. The zero-order chi connectivity index (χ0) is 15.4. The van der Waals surface area contributed by atoms with E-state index in [2.05, 4.69) is 10.3 Å². The first-order chi connectivity index (χ1) is 10.0. The Labute approximate surface area is 127 Å². The Morgan fingerprint density at radius 1 is 1.29 bits per heavy atom. The average molecular weight is 304 g/mol. The first-order valence-corrected chi connectivity index (χ1v) is 7.34. The predicted octanol–water partition coefficient (Wildman–Crippen LogP) is 3.19. The number of hydrogen-bond acceptors (Lipinski definition) is 5. The summed E-state index contributed by atoms with van der Waals surface area (Å²) in [6.07, 6.45) is 3.10. The van der Waals surface area contributed by atoms with Crippen LogP contribution in [0.3, 0.4) is 0 Å². The third-order valence-corrected chi connectivity index (χ3v) is 4.16. The molecular weight excluding hydrogens is 288 g/mol. The molecule has 5 nitrogen and oxygen atoms in total. The number of esters is 1. The number of nitrogens with zero attached hydrogens (tertiary/aromatic N) is 1. The van der Waals surface area contributed by atoms with Crippen LogP contribution < -0.4 is 5.32 Å². The maximum Gasteiger partial charge on any atom is 0.341 e. The van der Waals surface area contributed by atoms with Gasteiger partial charge in [-0.1, -0.05) is 0 Å². The lowest BCUT2D eigenvalue weighted by atomic mass is 10.1. The number of rotatable bonds is 4. The third kappa shape index (κ3) is 3.28. The number of aryl methyl sites for hydroxylation is 1. The number of carbonyl (C=O) groups is 2. The van der Waals surface area contributed by atoms with Crippen LogP contribution in [-0.2, 0) is 4.74 Å². The SMILES string of the molecule is CCOC(=O)c1c(NC(=O)c2ccncc2)sc(C)c1C. The van der Waals surface area contributed by atoms with Crippen LogP contribution in [0.25, 0.3) is 0 Å². The molecule has 0 bridgehead atoms. The van der Waals surface area contributed by atoms with E-state index in [9.17, 15) is 9.59 Å². The average Bonchev–Trinajstić information content (AvgIpc) is 2.75. The zero-order valence-electron chi connectivity index (χ0n) is 12.1. The highest BCUT2D eigenvalue weighted by Crippen LogP contribution is 2.33. The fraction of sp³-hybridized carbons (Fsp3) is 0.267. The smallest absolute Gasteiger partial charge is 0.341 e.